The standard InChI is InChI=1S/C18H24N2O4S/c1-11(18-14-6-12-5-13(8-14)9-15(18)7-12)19-25(23,24)17-4-2-3-16(10-17)20(21)22/h2-4,10-15,18-19H,5-9H2,1H3. The number of hydrogen-bond donors (Lipinski definition) is 1. The van der Waals surface area contributed by atoms with Gasteiger partial charge < -0.3 is 0 Å². The van der Waals surface area contributed by atoms with Gasteiger partial charge in [0.05, 0.1) is 9.82 Å². The number of nitro benzene ring substituents is 1. The van der Waals surface area contributed by atoms with E-state index in [4.69, 9.17) is 0 Å². The van der Waals surface area contributed by atoms with Crippen molar-refractivity contribution >= 4 is 15.7 Å². The molecule has 1 N–H and O–H groups in total. The molecule has 5 rings (SSSR count). The van der Waals surface area contributed by atoms with Crippen LogP contribution in [0.2, 0.25) is 0 Å². The van der Waals surface area contributed by atoms with E-state index in [1.165, 1.54) is 50.3 Å². The van der Waals surface area contributed by atoms with Crippen LogP contribution in [0.25, 0.3) is 0 Å². The van der Waals surface area contributed by atoms with Crippen molar-refractivity contribution in [1.82, 2.24) is 4.72 Å². The van der Waals surface area contributed by atoms with Crippen molar-refractivity contribution in [2.75, 3.05) is 0 Å². The van der Waals surface area contributed by atoms with E-state index in [2.05, 4.69) is 4.72 Å². The molecule has 0 saturated heterocycles. The van der Waals surface area contributed by atoms with E-state index in [1.54, 1.807) is 0 Å². The molecule has 6 nitrogen and oxygen atoms in total. The lowest BCUT2D eigenvalue weighted by atomic mass is 9.51. The van der Waals surface area contributed by atoms with E-state index < -0.39 is 14.9 Å². The van der Waals surface area contributed by atoms with Gasteiger partial charge in [0.25, 0.3) is 5.69 Å². The molecule has 4 aliphatic rings. The molecule has 0 spiro atoms. The van der Waals surface area contributed by atoms with Gasteiger partial charge in [-0.05, 0) is 74.7 Å². The second kappa shape index (κ2) is 6.06. The molecule has 4 saturated carbocycles. The highest BCUT2D eigenvalue weighted by molar-refractivity contribution is 7.89. The van der Waals surface area contributed by atoms with E-state index in [-0.39, 0.29) is 16.6 Å². The third-order valence-corrected chi connectivity index (χ3v) is 8.11. The van der Waals surface area contributed by atoms with Crippen molar-refractivity contribution in [3.8, 4) is 0 Å². The maximum absolute atomic E-state index is 12.7. The van der Waals surface area contributed by atoms with Crippen molar-refractivity contribution in [3.05, 3.63) is 34.4 Å². The van der Waals surface area contributed by atoms with Crippen LogP contribution in [0.4, 0.5) is 5.69 Å². The van der Waals surface area contributed by atoms with E-state index in [1.807, 2.05) is 6.92 Å². The largest absolute Gasteiger partial charge is 0.270 e. The van der Waals surface area contributed by atoms with E-state index in [0.29, 0.717) is 17.8 Å². The number of nitro groups is 1. The fourth-order valence-corrected chi connectivity index (χ4v) is 7.26. The summed E-state index contributed by atoms with van der Waals surface area (Å²) in [6, 6.07) is 5.13. The average Bonchev–Trinajstić information content (AvgIpc) is 2.53. The first-order chi connectivity index (χ1) is 11.8. The molecular weight excluding hydrogens is 340 g/mol. The summed E-state index contributed by atoms with van der Waals surface area (Å²) in [7, 11) is -3.75. The van der Waals surface area contributed by atoms with Gasteiger partial charge in [0.2, 0.25) is 10.0 Å². The Labute approximate surface area is 148 Å². The highest BCUT2D eigenvalue weighted by atomic mass is 32.2. The van der Waals surface area contributed by atoms with Crippen LogP contribution >= 0.6 is 0 Å². The van der Waals surface area contributed by atoms with E-state index in [0.717, 1.165) is 17.9 Å². The minimum Gasteiger partial charge on any atom is -0.258 e. The number of nitrogens with one attached hydrogen (secondary N) is 1. The smallest absolute Gasteiger partial charge is 0.258 e. The minimum atomic E-state index is -3.75. The van der Waals surface area contributed by atoms with Gasteiger partial charge in [0, 0.05) is 18.2 Å². The summed E-state index contributed by atoms with van der Waals surface area (Å²) >= 11 is 0. The normalized spacial score (nSPS) is 34.8. The molecule has 0 aromatic heterocycles. The van der Waals surface area contributed by atoms with Crippen molar-refractivity contribution in [3.63, 3.8) is 0 Å². The summed E-state index contributed by atoms with van der Waals surface area (Å²) < 4.78 is 28.3. The number of hydrogen-bond acceptors (Lipinski definition) is 4. The van der Waals surface area contributed by atoms with E-state index in [9.17, 15) is 18.5 Å². The maximum Gasteiger partial charge on any atom is 0.270 e. The molecule has 136 valence electrons. The summed E-state index contributed by atoms with van der Waals surface area (Å²) in [6.45, 7) is 1.96. The Kier molecular flexibility index (Phi) is 4.11. The van der Waals surface area contributed by atoms with E-state index >= 15 is 0 Å². The summed E-state index contributed by atoms with van der Waals surface area (Å²) in [4.78, 5) is 10.3. The molecular formula is C18H24N2O4S. The predicted molar refractivity (Wildman–Crippen MR) is 93.4 cm³/mol. The van der Waals surface area contributed by atoms with Crippen LogP contribution in [0.15, 0.2) is 29.2 Å². The summed E-state index contributed by atoms with van der Waals surface area (Å²) in [5.74, 6) is 3.33. The van der Waals surface area contributed by atoms with Crippen LogP contribution in [0, 0.1) is 39.7 Å². The molecule has 0 heterocycles. The average molecular weight is 364 g/mol. The first-order valence-corrected chi connectivity index (χ1v) is 10.6. The quantitative estimate of drug-likeness (QED) is 0.641. The molecule has 4 aliphatic carbocycles. The first kappa shape index (κ1) is 17.0. The summed E-state index contributed by atoms with van der Waals surface area (Å²) in [6.07, 6.45) is 6.32. The molecule has 1 atom stereocenters. The fraction of sp³-hybridized carbons (Fsp3) is 0.667. The molecule has 4 bridgehead atoms. The topological polar surface area (TPSA) is 89.3 Å². The molecule has 1 aromatic carbocycles. The van der Waals surface area contributed by atoms with Crippen molar-refractivity contribution in [2.24, 2.45) is 29.6 Å². The van der Waals surface area contributed by atoms with Gasteiger partial charge in [-0.2, -0.15) is 0 Å². The molecule has 7 heteroatoms. The number of rotatable bonds is 5. The Morgan fingerprint density at radius 3 is 2.28 bits per heavy atom. The predicted octanol–water partition coefficient (Wildman–Crippen LogP) is 3.33. The molecule has 0 amide bonds. The third kappa shape index (κ3) is 3.08. The van der Waals surface area contributed by atoms with Crippen LogP contribution < -0.4 is 4.72 Å². The Morgan fingerprint density at radius 2 is 1.72 bits per heavy atom. The zero-order chi connectivity index (χ0) is 17.8. The van der Waals surface area contributed by atoms with Gasteiger partial charge >= 0.3 is 0 Å². The molecule has 0 aliphatic heterocycles. The van der Waals surface area contributed by atoms with Crippen LogP contribution in [0.3, 0.4) is 0 Å². The number of benzene rings is 1. The second-order valence-electron chi connectivity index (χ2n) is 8.17. The first-order valence-electron chi connectivity index (χ1n) is 9.10. The second-order valence-corrected chi connectivity index (χ2v) is 9.89. The van der Waals surface area contributed by atoms with Gasteiger partial charge in [-0.15, -0.1) is 0 Å². The van der Waals surface area contributed by atoms with Crippen LogP contribution in [0.1, 0.15) is 39.0 Å². The lowest BCUT2D eigenvalue weighted by molar-refractivity contribution is -0.385. The number of sulfonamides is 1. The molecule has 1 aromatic rings. The lowest BCUT2D eigenvalue weighted by Gasteiger charge is -2.56. The fourth-order valence-electron chi connectivity index (χ4n) is 5.94. The van der Waals surface area contributed by atoms with Crippen molar-refractivity contribution < 1.29 is 13.3 Å². The number of non-ortho nitro benzene ring substituents is 1. The maximum atomic E-state index is 12.7. The van der Waals surface area contributed by atoms with Gasteiger partial charge in [-0.1, -0.05) is 6.07 Å². The Balaban J connectivity index is 1.53. The molecule has 1 unspecified atom stereocenters. The Bertz CT molecular complexity index is 764. The SMILES string of the molecule is CC(NS(=O)(=O)c1cccc([N+](=O)[O-])c1)C1C2CC3CC(C2)CC1C3. The highest BCUT2D eigenvalue weighted by Gasteiger charge is 2.50. The van der Waals surface area contributed by atoms with Crippen LogP contribution in [-0.4, -0.2) is 19.4 Å². The summed E-state index contributed by atoms with van der Waals surface area (Å²) in [5.41, 5.74) is -0.204. The van der Waals surface area contributed by atoms with Crippen molar-refractivity contribution in [1.29, 1.82) is 0 Å². The Morgan fingerprint density at radius 1 is 1.12 bits per heavy atom. The lowest BCUT2D eigenvalue weighted by Crippen LogP contribution is -2.52. The monoisotopic (exact) mass is 364 g/mol. The highest BCUT2D eigenvalue weighted by Crippen LogP contribution is 2.57. The molecule has 0 radical (unpaired) electrons. The van der Waals surface area contributed by atoms with Gasteiger partial charge in [-0.3, -0.25) is 10.1 Å². The zero-order valence-electron chi connectivity index (χ0n) is 14.3. The minimum absolute atomic E-state index is 0.0302. The molecule has 4 fully saturated rings. The third-order valence-electron chi connectivity index (χ3n) is 6.56. The Hall–Kier alpha value is -1.47. The van der Waals surface area contributed by atoms with Crippen molar-refractivity contribution in [2.45, 2.75) is 50.0 Å². The van der Waals surface area contributed by atoms with Gasteiger partial charge in [0.1, 0.15) is 0 Å². The number of nitrogens with zero attached hydrogens (tertiary/aromatic N) is 1. The summed E-state index contributed by atoms with van der Waals surface area (Å²) in [5, 5.41) is 10.9. The van der Waals surface area contributed by atoms with Crippen LogP contribution in [-0.2, 0) is 10.0 Å². The van der Waals surface area contributed by atoms with Crippen LogP contribution in [0.5, 0.6) is 0 Å². The van der Waals surface area contributed by atoms with Gasteiger partial charge in [0.15, 0.2) is 0 Å². The van der Waals surface area contributed by atoms with Gasteiger partial charge in [-0.25, -0.2) is 13.1 Å². The zero-order valence-corrected chi connectivity index (χ0v) is 15.1. The molecule has 25 heavy (non-hydrogen) atoms.